The standard InChI is InChI=1S/C10H8BrClN2O2/c11-8-3-6(12)1-2-9(8)16-10-14-7(4-13)5-15-10/h1-3,5H,4,13H2. The van der Waals surface area contributed by atoms with Gasteiger partial charge in [0.25, 0.3) is 0 Å². The van der Waals surface area contributed by atoms with Crippen LogP contribution in [0.3, 0.4) is 0 Å². The highest BCUT2D eigenvalue weighted by Crippen LogP contribution is 2.31. The number of rotatable bonds is 3. The molecule has 0 aliphatic carbocycles. The van der Waals surface area contributed by atoms with Gasteiger partial charge in [-0.15, -0.1) is 0 Å². The summed E-state index contributed by atoms with van der Waals surface area (Å²) in [5.74, 6) is 0.579. The van der Waals surface area contributed by atoms with Gasteiger partial charge in [-0.3, -0.25) is 0 Å². The molecular weight excluding hydrogens is 295 g/mol. The molecule has 16 heavy (non-hydrogen) atoms. The first-order valence-corrected chi connectivity index (χ1v) is 5.63. The second-order valence-corrected chi connectivity index (χ2v) is 4.28. The first-order chi connectivity index (χ1) is 7.69. The van der Waals surface area contributed by atoms with Gasteiger partial charge in [0.05, 0.1) is 10.2 Å². The highest BCUT2D eigenvalue weighted by Gasteiger charge is 2.08. The van der Waals surface area contributed by atoms with Crippen LogP contribution in [0.15, 0.2) is 33.4 Å². The van der Waals surface area contributed by atoms with Crippen molar-refractivity contribution in [2.24, 2.45) is 5.73 Å². The molecule has 0 atom stereocenters. The summed E-state index contributed by atoms with van der Waals surface area (Å²) < 4.78 is 11.2. The van der Waals surface area contributed by atoms with Crippen LogP contribution in [0.25, 0.3) is 0 Å². The van der Waals surface area contributed by atoms with Crippen molar-refractivity contribution in [2.75, 3.05) is 0 Å². The molecule has 0 radical (unpaired) electrons. The fraction of sp³-hybridized carbons (Fsp3) is 0.100. The van der Waals surface area contributed by atoms with Gasteiger partial charge < -0.3 is 14.9 Å². The number of hydrogen-bond acceptors (Lipinski definition) is 4. The summed E-state index contributed by atoms with van der Waals surface area (Å²) in [7, 11) is 0. The number of hydrogen-bond donors (Lipinski definition) is 1. The lowest BCUT2D eigenvalue weighted by Crippen LogP contribution is -1.95. The molecule has 0 fully saturated rings. The molecule has 6 heteroatoms. The van der Waals surface area contributed by atoms with Gasteiger partial charge in [0, 0.05) is 11.6 Å². The van der Waals surface area contributed by atoms with E-state index in [0.717, 1.165) is 4.47 Å². The van der Waals surface area contributed by atoms with Gasteiger partial charge in [-0.05, 0) is 34.1 Å². The molecule has 2 rings (SSSR count). The van der Waals surface area contributed by atoms with E-state index in [-0.39, 0.29) is 6.08 Å². The number of nitrogens with two attached hydrogens (primary N) is 1. The van der Waals surface area contributed by atoms with E-state index in [4.69, 9.17) is 26.5 Å². The fourth-order valence-corrected chi connectivity index (χ4v) is 1.84. The maximum absolute atomic E-state index is 5.81. The molecule has 0 spiro atoms. The molecule has 0 aliphatic heterocycles. The molecule has 1 aromatic carbocycles. The predicted molar refractivity (Wildman–Crippen MR) is 63.6 cm³/mol. The Labute approximate surface area is 105 Å². The first kappa shape index (κ1) is 11.4. The van der Waals surface area contributed by atoms with Crippen LogP contribution in [0.2, 0.25) is 5.02 Å². The van der Waals surface area contributed by atoms with Gasteiger partial charge in [0.2, 0.25) is 0 Å². The maximum Gasteiger partial charge on any atom is 0.399 e. The van der Waals surface area contributed by atoms with Gasteiger partial charge in [-0.1, -0.05) is 11.6 Å². The second-order valence-electron chi connectivity index (χ2n) is 2.99. The maximum atomic E-state index is 5.81. The van der Waals surface area contributed by atoms with E-state index in [1.807, 2.05) is 0 Å². The Morgan fingerprint density at radius 2 is 2.31 bits per heavy atom. The van der Waals surface area contributed by atoms with Crippen molar-refractivity contribution in [3.63, 3.8) is 0 Å². The Balaban J connectivity index is 2.20. The quantitative estimate of drug-likeness (QED) is 0.944. The lowest BCUT2D eigenvalue weighted by molar-refractivity contribution is 0.329. The molecule has 4 nitrogen and oxygen atoms in total. The summed E-state index contributed by atoms with van der Waals surface area (Å²) >= 11 is 9.13. The zero-order valence-corrected chi connectivity index (χ0v) is 10.5. The van der Waals surface area contributed by atoms with Crippen molar-refractivity contribution in [2.45, 2.75) is 6.54 Å². The minimum atomic E-state index is 0.156. The van der Waals surface area contributed by atoms with Crippen molar-refractivity contribution in [1.29, 1.82) is 0 Å². The number of nitrogens with zero attached hydrogens (tertiary/aromatic N) is 1. The number of aromatic nitrogens is 1. The Hall–Kier alpha value is -1.04. The molecule has 2 aromatic rings. The highest BCUT2D eigenvalue weighted by molar-refractivity contribution is 9.10. The Morgan fingerprint density at radius 3 is 2.94 bits per heavy atom. The highest BCUT2D eigenvalue weighted by atomic mass is 79.9. The average Bonchev–Trinajstić information content (AvgIpc) is 2.70. The van der Waals surface area contributed by atoms with E-state index in [1.54, 1.807) is 18.2 Å². The van der Waals surface area contributed by atoms with Crippen molar-refractivity contribution in [1.82, 2.24) is 4.98 Å². The van der Waals surface area contributed by atoms with Gasteiger partial charge in [-0.25, -0.2) is 0 Å². The molecule has 0 aliphatic rings. The SMILES string of the molecule is NCc1coc(Oc2ccc(Cl)cc2Br)n1. The minimum Gasteiger partial charge on any atom is -0.417 e. The van der Waals surface area contributed by atoms with Crippen LogP contribution in [-0.4, -0.2) is 4.98 Å². The first-order valence-electron chi connectivity index (χ1n) is 4.46. The second kappa shape index (κ2) is 4.86. The van der Waals surface area contributed by atoms with E-state index in [2.05, 4.69) is 20.9 Å². The van der Waals surface area contributed by atoms with Crippen molar-refractivity contribution in [3.8, 4) is 11.8 Å². The van der Waals surface area contributed by atoms with E-state index in [0.29, 0.717) is 23.0 Å². The summed E-state index contributed by atoms with van der Waals surface area (Å²) in [5.41, 5.74) is 6.04. The summed E-state index contributed by atoms with van der Waals surface area (Å²) in [4.78, 5) is 4.02. The topological polar surface area (TPSA) is 61.3 Å². The van der Waals surface area contributed by atoms with E-state index in [9.17, 15) is 0 Å². The summed E-state index contributed by atoms with van der Waals surface area (Å²) in [5, 5.41) is 0.620. The van der Waals surface area contributed by atoms with Gasteiger partial charge in [-0.2, -0.15) is 4.98 Å². The molecule has 1 heterocycles. The summed E-state index contributed by atoms with van der Waals surface area (Å²) in [6, 6.07) is 5.16. The number of benzene rings is 1. The molecular formula is C10H8BrClN2O2. The van der Waals surface area contributed by atoms with Crippen LogP contribution in [-0.2, 0) is 6.54 Å². The lowest BCUT2D eigenvalue weighted by Gasteiger charge is -2.03. The van der Waals surface area contributed by atoms with Crippen molar-refractivity contribution >= 4 is 27.5 Å². The minimum absolute atomic E-state index is 0.156. The van der Waals surface area contributed by atoms with Crippen LogP contribution in [0.4, 0.5) is 0 Å². The van der Waals surface area contributed by atoms with Crippen LogP contribution in [0.5, 0.6) is 11.8 Å². The third-order valence-corrected chi connectivity index (χ3v) is 2.69. The molecule has 0 bridgehead atoms. The molecule has 0 saturated carbocycles. The van der Waals surface area contributed by atoms with Crippen LogP contribution < -0.4 is 10.5 Å². The molecule has 2 N–H and O–H groups in total. The lowest BCUT2D eigenvalue weighted by atomic mass is 10.3. The molecule has 84 valence electrons. The predicted octanol–water partition coefficient (Wildman–Crippen LogP) is 3.34. The number of ether oxygens (including phenoxy) is 1. The molecule has 1 aromatic heterocycles. The van der Waals surface area contributed by atoms with Crippen LogP contribution in [0, 0.1) is 0 Å². The zero-order chi connectivity index (χ0) is 11.5. The number of halogens is 2. The van der Waals surface area contributed by atoms with Crippen LogP contribution >= 0.6 is 27.5 Å². The van der Waals surface area contributed by atoms with E-state index in [1.165, 1.54) is 6.26 Å². The molecule has 0 saturated heterocycles. The average molecular weight is 304 g/mol. The number of oxazole rings is 1. The van der Waals surface area contributed by atoms with E-state index < -0.39 is 0 Å². The van der Waals surface area contributed by atoms with Crippen molar-refractivity contribution < 1.29 is 9.15 Å². The van der Waals surface area contributed by atoms with Gasteiger partial charge >= 0.3 is 6.08 Å². The summed E-state index contributed by atoms with van der Waals surface area (Å²) in [6.07, 6.45) is 1.61. The molecule has 0 unspecified atom stereocenters. The Bertz CT molecular complexity index is 501. The fourth-order valence-electron chi connectivity index (χ4n) is 1.08. The van der Waals surface area contributed by atoms with Gasteiger partial charge in [0.15, 0.2) is 0 Å². The summed E-state index contributed by atoms with van der Waals surface area (Å²) in [6.45, 7) is 0.314. The molecule has 0 amide bonds. The van der Waals surface area contributed by atoms with Crippen molar-refractivity contribution in [3.05, 3.63) is 39.7 Å². The van der Waals surface area contributed by atoms with E-state index >= 15 is 0 Å². The Morgan fingerprint density at radius 1 is 1.50 bits per heavy atom. The Kier molecular flexibility index (Phi) is 3.48. The third kappa shape index (κ3) is 2.55. The van der Waals surface area contributed by atoms with Gasteiger partial charge in [0.1, 0.15) is 12.0 Å². The third-order valence-electron chi connectivity index (χ3n) is 1.83. The normalized spacial score (nSPS) is 10.4. The largest absolute Gasteiger partial charge is 0.417 e. The monoisotopic (exact) mass is 302 g/mol. The zero-order valence-electron chi connectivity index (χ0n) is 8.11. The van der Waals surface area contributed by atoms with Crippen LogP contribution in [0.1, 0.15) is 5.69 Å². The smallest absolute Gasteiger partial charge is 0.399 e.